The number of methoxy groups -OCH3 is 1. The Hall–Kier alpha value is -1.30. The van der Waals surface area contributed by atoms with E-state index in [1.165, 1.54) is 0 Å². The first-order chi connectivity index (χ1) is 10.7. The number of rotatable bonds is 5. The van der Waals surface area contributed by atoms with E-state index in [1.807, 2.05) is 29.2 Å². The first-order valence-electron chi connectivity index (χ1n) is 7.96. The number of hydrogen-bond acceptors (Lipinski definition) is 4. The summed E-state index contributed by atoms with van der Waals surface area (Å²) in [6, 6.07) is 7.67. The van der Waals surface area contributed by atoms with Gasteiger partial charge in [-0.15, -0.1) is 12.4 Å². The number of carbonyl (C=O) groups is 1. The van der Waals surface area contributed by atoms with Gasteiger partial charge in [0.2, 0.25) is 0 Å². The Kier molecular flexibility index (Phi) is 6.27. The van der Waals surface area contributed by atoms with Crippen LogP contribution in [-0.4, -0.2) is 50.3 Å². The fourth-order valence-electron chi connectivity index (χ4n) is 3.65. The molecule has 128 valence electrons. The molecule has 1 aromatic carbocycles. The third-order valence-corrected chi connectivity index (χ3v) is 4.86. The molecule has 2 aliphatic rings. The van der Waals surface area contributed by atoms with E-state index in [0.29, 0.717) is 36.4 Å². The van der Waals surface area contributed by atoms with E-state index in [1.54, 1.807) is 7.11 Å². The minimum absolute atomic E-state index is 0. The van der Waals surface area contributed by atoms with Crippen LogP contribution < -0.4 is 10.5 Å². The molecule has 1 aliphatic heterocycles. The summed E-state index contributed by atoms with van der Waals surface area (Å²) in [5.41, 5.74) is 6.79. The summed E-state index contributed by atoms with van der Waals surface area (Å²) >= 11 is 0. The van der Waals surface area contributed by atoms with Gasteiger partial charge < -0.3 is 20.1 Å². The maximum Gasteiger partial charge on any atom is 0.257 e. The molecule has 5 nitrogen and oxygen atoms in total. The predicted molar refractivity (Wildman–Crippen MR) is 91.2 cm³/mol. The van der Waals surface area contributed by atoms with Gasteiger partial charge in [0, 0.05) is 26.2 Å². The molecular formula is C17H25ClN2O3. The zero-order chi connectivity index (χ0) is 15.5. The number of amides is 1. The molecule has 1 saturated carbocycles. The van der Waals surface area contributed by atoms with Crippen LogP contribution in [0.15, 0.2) is 24.3 Å². The van der Waals surface area contributed by atoms with E-state index in [-0.39, 0.29) is 24.4 Å². The number of hydrogen-bond donors (Lipinski definition) is 1. The molecule has 2 fully saturated rings. The molecule has 0 aromatic heterocycles. The molecule has 1 heterocycles. The molecule has 3 atom stereocenters. The molecule has 6 heteroatoms. The number of nitrogens with zero attached hydrogens (tertiary/aromatic N) is 1. The molecular weight excluding hydrogens is 316 g/mol. The quantitative estimate of drug-likeness (QED) is 0.832. The first-order valence-corrected chi connectivity index (χ1v) is 7.96. The molecule has 2 N–H and O–H groups in total. The molecule has 0 radical (unpaired) electrons. The van der Waals surface area contributed by atoms with Crippen LogP contribution in [0.4, 0.5) is 0 Å². The number of para-hydroxylation sites is 1. The third-order valence-electron chi connectivity index (χ3n) is 4.86. The Morgan fingerprint density at radius 1 is 1.26 bits per heavy atom. The number of halogens is 1. The van der Waals surface area contributed by atoms with Crippen LogP contribution >= 0.6 is 12.4 Å². The summed E-state index contributed by atoms with van der Waals surface area (Å²) in [6.45, 7) is 2.54. The number of fused-ring (bicyclic) bond motifs is 1. The van der Waals surface area contributed by atoms with Gasteiger partial charge in [-0.1, -0.05) is 12.1 Å². The molecule has 23 heavy (non-hydrogen) atoms. The summed E-state index contributed by atoms with van der Waals surface area (Å²) < 4.78 is 10.7. The van der Waals surface area contributed by atoms with Crippen molar-refractivity contribution in [2.45, 2.75) is 18.9 Å². The van der Waals surface area contributed by atoms with Crippen molar-refractivity contribution in [1.82, 2.24) is 4.90 Å². The topological polar surface area (TPSA) is 64.8 Å². The molecule has 3 rings (SSSR count). The van der Waals surface area contributed by atoms with Crippen LogP contribution in [0, 0.1) is 11.8 Å². The van der Waals surface area contributed by atoms with Gasteiger partial charge in [-0.3, -0.25) is 4.79 Å². The maximum absolute atomic E-state index is 12.8. The molecule has 1 aromatic rings. The van der Waals surface area contributed by atoms with Crippen molar-refractivity contribution in [1.29, 1.82) is 0 Å². The predicted octanol–water partition coefficient (Wildman–Crippen LogP) is 1.94. The van der Waals surface area contributed by atoms with Gasteiger partial charge >= 0.3 is 0 Å². The van der Waals surface area contributed by atoms with Gasteiger partial charge in [0.05, 0.1) is 12.2 Å². The SMILES string of the molecule is COCCOc1ccccc1C(=O)N1CC2CCC(N)C2C1.Cl. The van der Waals surface area contributed by atoms with Crippen molar-refractivity contribution < 1.29 is 14.3 Å². The van der Waals surface area contributed by atoms with Crippen molar-refractivity contribution in [2.24, 2.45) is 17.6 Å². The van der Waals surface area contributed by atoms with Gasteiger partial charge in [-0.05, 0) is 36.8 Å². The summed E-state index contributed by atoms with van der Waals surface area (Å²) in [4.78, 5) is 14.7. The monoisotopic (exact) mass is 340 g/mol. The smallest absolute Gasteiger partial charge is 0.257 e. The summed E-state index contributed by atoms with van der Waals surface area (Å²) in [6.07, 6.45) is 2.23. The fraction of sp³-hybridized carbons (Fsp3) is 0.588. The molecule has 3 unspecified atom stereocenters. The second-order valence-electron chi connectivity index (χ2n) is 6.21. The van der Waals surface area contributed by atoms with E-state index < -0.39 is 0 Å². The Bertz CT molecular complexity index is 540. The molecule has 1 amide bonds. The second-order valence-corrected chi connectivity index (χ2v) is 6.21. The van der Waals surface area contributed by atoms with Gasteiger partial charge in [0.25, 0.3) is 5.91 Å². The van der Waals surface area contributed by atoms with Crippen molar-refractivity contribution in [3.8, 4) is 5.75 Å². The van der Waals surface area contributed by atoms with Crippen molar-refractivity contribution in [3.63, 3.8) is 0 Å². The Morgan fingerprint density at radius 3 is 2.78 bits per heavy atom. The summed E-state index contributed by atoms with van der Waals surface area (Å²) in [5, 5.41) is 0. The molecule has 1 aliphatic carbocycles. The van der Waals surface area contributed by atoms with Crippen LogP contribution in [-0.2, 0) is 4.74 Å². The van der Waals surface area contributed by atoms with Crippen molar-refractivity contribution in [2.75, 3.05) is 33.4 Å². The Labute approximate surface area is 143 Å². The Morgan fingerprint density at radius 2 is 2.04 bits per heavy atom. The van der Waals surface area contributed by atoms with Gasteiger partial charge in [0.1, 0.15) is 12.4 Å². The lowest BCUT2D eigenvalue weighted by Crippen LogP contribution is -2.33. The highest BCUT2D eigenvalue weighted by Crippen LogP contribution is 2.38. The van der Waals surface area contributed by atoms with E-state index in [0.717, 1.165) is 25.9 Å². The first kappa shape index (κ1) is 18.0. The lowest BCUT2D eigenvalue weighted by Gasteiger charge is -2.20. The third kappa shape index (κ3) is 3.79. The average Bonchev–Trinajstić information content (AvgIpc) is 3.10. The molecule has 0 spiro atoms. The normalized spacial score (nSPS) is 25.8. The van der Waals surface area contributed by atoms with Crippen LogP contribution in [0.2, 0.25) is 0 Å². The number of ether oxygens (including phenoxy) is 2. The standard InChI is InChI=1S/C17H24N2O3.ClH/c1-21-8-9-22-16-5-3-2-4-13(16)17(20)19-10-12-6-7-15(18)14(12)11-19;/h2-5,12,14-15H,6-11,18H2,1H3;1H. The molecule has 1 saturated heterocycles. The highest BCUT2D eigenvalue weighted by Gasteiger charge is 2.42. The van der Waals surface area contributed by atoms with Gasteiger partial charge in [0.15, 0.2) is 0 Å². The van der Waals surface area contributed by atoms with E-state index in [9.17, 15) is 4.79 Å². The maximum atomic E-state index is 12.8. The number of benzene rings is 1. The Balaban J connectivity index is 0.00000192. The highest BCUT2D eigenvalue weighted by molar-refractivity contribution is 5.97. The van der Waals surface area contributed by atoms with E-state index in [2.05, 4.69) is 0 Å². The second kappa shape index (κ2) is 7.99. The lowest BCUT2D eigenvalue weighted by atomic mass is 9.98. The average molecular weight is 341 g/mol. The van der Waals surface area contributed by atoms with Crippen LogP contribution in [0.5, 0.6) is 5.75 Å². The zero-order valence-electron chi connectivity index (χ0n) is 13.4. The number of carbonyl (C=O) groups excluding carboxylic acids is 1. The highest BCUT2D eigenvalue weighted by atomic mass is 35.5. The molecule has 0 bridgehead atoms. The zero-order valence-corrected chi connectivity index (χ0v) is 14.3. The van der Waals surface area contributed by atoms with Crippen molar-refractivity contribution in [3.05, 3.63) is 29.8 Å². The van der Waals surface area contributed by atoms with Crippen LogP contribution in [0.3, 0.4) is 0 Å². The van der Waals surface area contributed by atoms with Gasteiger partial charge in [-0.25, -0.2) is 0 Å². The largest absolute Gasteiger partial charge is 0.490 e. The fourth-order valence-corrected chi connectivity index (χ4v) is 3.65. The van der Waals surface area contributed by atoms with E-state index in [4.69, 9.17) is 15.2 Å². The minimum Gasteiger partial charge on any atom is -0.490 e. The van der Waals surface area contributed by atoms with Gasteiger partial charge in [-0.2, -0.15) is 0 Å². The van der Waals surface area contributed by atoms with Crippen molar-refractivity contribution >= 4 is 18.3 Å². The number of likely N-dealkylation sites (tertiary alicyclic amines) is 1. The number of nitrogens with two attached hydrogens (primary N) is 1. The summed E-state index contributed by atoms with van der Waals surface area (Å²) in [5.74, 6) is 1.71. The lowest BCUT2D eigenvalue weighted by molar-refractivity contribution is 0.0772. The van der Waals surface area contributed by atoms with Crippen LogP contribution in [0.1, 0.15) is 23.2 Å². The van der Waals surface area contributed by atoms with E-state index >= 15 is 0 Å². The minimum atomic E-state index is 0. The van der Waals surface area contributed by atoms with Crippen LogP contribution in [0.25, 0.3) is 0 Å². The summed E-state index contributed by atoms with van der Waals surface area (Å²) in [7, 11) is 1.63.